The smallest absolute Gasteiger partial charge is 0.171 e. The third-order valence-electron chi connectivity index (χ3n) is 2.38. The van der Waals surface area contributed by atoms with Gasteiger partial charge in [-0.15, -0.1) is 0 Å². The van der Waals surface area contributed by atoms with Crippen molar-refractivity contribution in [1.29, 1.82) is 0 Å². The third-order valence-corrected chi connectivity index (χ3v) is 2.60. The predicted octanol–water partition coefficient (Wildman–Crippen LogP) is 2.33. The summed E-state index contributed by atoms with van der Waals surface area (Å²) >= 11 is 5.07. The number of para-hydroxylation sites is 1. The lowest BCUT2D eigenvalue weighted by Crippen LogP contribution is -2.35. The lowest BCUT2D eigenvalue weighted by atomic mass is 10.2. The molecule has 86 valence electrons. The minimum atomic E-state index is 0.349. The molecule has 17 heavy (non-hydrogen) atoms. The van der Waals surface area contributed by atoms with Crippen LogP contribution in [0.4, 0.5) is 5.69 Å². The first kappa shape index (κ1) is 11.5. The van der Waals surface area contributed by atoms with Gasteiger partial charge in [0.1, 0.15) is 0 Å². The van der Waals surface area contributed by atoms with Crippen molar-refractivity contribution in [3.05, 3.63) is 60.4 Å². The summed E-state index contributed by atoms with van der Waals surface area (Å²) in [6, 6.07) is 15.6. The Morgan fingerprint density at radius 3 is 2.41 bits per heavy atom. The van der Waals surface area contributed by atoms with Crippen molar-refractivity contribution < 1.29 is 0 Å². The molecule has 0 aliphatic carbocycles. The molecule has 0 fully saturated rings. The molecule has 1 heterocycles. The highest BCUT2D eigenvalue weighted by molar-refractivity contribution is 7.80. The summed E-state index contributed by atoms with van der Waals surface area (Å²) in [5.41, 5.74) is 7.66. The summed E-state index contributed by atoms with van der Waals surface area (Å²) in [5, 5.41) is 0.349. The van der Waals surface area contributed by atoms with Gasteiger partial charge in [0.15, 0.2) is 5.11 Å². The molecular formula is C13H13N3S. The highest BCUT2D eigenvalue weighted by atomic mass is 32.1. The van der Waals surface area contributed by atoms with Crippen LogP contribution in [0.5, 0.6) is 0 Å². The van der Waals surface area contributed by atoms with E-state index in [0.29, 0.717) is 11.7 Å². The first-order chi connectivity index (χ1) is 8.27. The van der Waals surface area contributed by atoms with E-state index < -0.39 is 0 Å². The molecule has 0 unspecified atom stereocenters. The van der Waals surface area contributed by atoms with Crippen LogP contribution in [-0.2, 0) is 6.54 Å². The van der Waals surface area contributed by atoms with E-state index in [9.17, 15) is 0 Å². The largest absolute Gasteiger partial charge is 0.376 e. The molecule has 2 aromatic rings. The summed E-state index contributed by atoms with van der Waals surface area (Å²) in [4.78, 5) is 6.13. The monoisotopic (exact) mass is 243 g/mol. The van der Waals surface area contributed by atoms with Gasteiger partial charge >= 0.3 is 0 Å². The van der Waals surface area contributed by atoms with E-state index >= 15 is 0 Å². The minimum Gasteiger partial charge on any atom is -0.376 e. The lowest BCUT2D eigenvalue weighted by molar-refractivity contribution is 0.951. The molecule has 0 aliphatic heterocycles. The zero-order chi connectivity index (χ0) is 12.1. The molecule has 0 saturated carbocycles. The van der Waals surface area contributed by atoms with E-state index in [-0.39, 0.29) is 0 Å². The number of benzene rings is 1. The Labute approximate surface area is 106 Å². The topological polar surface area (TPSA) is 42.1 Å². The van der Waals surface area contributed by atoms with Crippen molar-refractivity contribution in [1.82, 2.24) is 4.98 Å². The van der Waals surface area contributed by atoms with Gasteiger partial charge in [0.05, 0.1) is 12.2 Å². The first-order valence-corrected chi connectivity index (χ1v) is 5.70. The average molecular weight is 243 g/mol. The third kappa shape index (κ3) is 3.01. The van der Waals surface area contributed by atoms with E-state index in [1.54, 1.807) is 6.20 Å². The van der Waals surface area contributed by atoms with Crippen LogP contribution < -0.4 is 10.6 Å². The van der Waals surface area contributed by atoms with E-state index in [1.165, 1.54) is 0 Å². The molecule has 0 amide bonds. The molecule has 0 bridgehead atoms. The summed E-state index contributed by atoms with van der Waals surface area (Å²) < 4.78 is 0. The molecule has 0 atom stereocenters. The maximum Gasteiger partial charge on any atom is 0.171 e. The molecule has 0 saturated heterocycles. The van der Waals surface area contributed by atoms with Gasteiger partial charge in [0.2, 0.25) is 0 Å². The van der Waals surface area contributed by atoms with Crippen LogP contribution in [0.1, 0.15) is 5.69 Å². The van der Waals surface area contributed by atoms with Gasteiger partial charge in [-0.2, -0.15) is 0 Å². The Morgan fingerprint density at radius 1 is 1.12 bits per heavy atom. The maximum absolute atomic E-state index is 5.75. The van der Waals surface area contributed by atoms with Crippen molar-refractivity contribution in [3.8, 4) is 0 Å². The lowest BCUT2D eigenvalue weighted by Gasteiger charge is -2.22. The number of hydrogen-bond acceptors (Lipinski definition) is 2. The fourth-order valence-electron chi connectivity index (χ4n) is 1.56. The molecule has 0 spiro atoms. The van der Waals surface area contributed by atoms with Crippen molar-refractivity contribution in [3.63, 3.8) is 0 Å². The number of aromatic nitrogens is 1. The molecule has 2 N–H and O–H groups in total. The number of thiocarbonyl (C=S) groups is 1. The molecular weight excluding hydrogens is 230 g/mol. The number of nitrogens with two attached hydrogens (primary N) is 1. The van der Waals surface area contributed by atoms with Crippen LogP contribution >= 0.6 is 12.2 Å². The van der Waals surface area contributed by atoms with Gasteiger partial charge < -0.3 is 10.6 Å². The second-order valence-corrected chi connectivity index (χ2v) is 4.00. The van der Waals surface area contributed by atoms with E-state index in [0.717, 1.165) is 11.4 Å². The van der Waals surface area contributed by atoms with Gasteiger partial charge in [-0.1, -0.05) is 24.3 Å². The van der Waals surface area contributed by atoms with Crippen LogP contribution in [0.2, 0.25) is 0 Å². The second kappa shape index (κ2) is 5.41. The van der Waals surface area contributed by atoms with Gasteiger partial charge in [0, 0.05) is 11.9 Å². The number of nitrogens with zero attached hydrogens (tertiary/aromatic N) is 2. The molecule has 0 radical (unpaired) electrons. The van der Waals surface area contributed by atoms with Gasteiger partial charge in [0.25, 0.3) is 0 Å². The normalized spacial score (nSPS) is 9.88. The van der Waals surface area contributed by atoms with Crippen molar-refractivity contribution >= 4 is 23.0 Å². The maximum atomic E-state index is 5.75. The Balaban J connectivity index is 2.23. The van der Waals surface area contributed by atoms with Crippen molar-refractivity contribution in [2.24, 2.45) is 5.73 Å². The first-order valence-electron chi connectivity index (χ1n) is 5.29. The zero-order valence-corrected chi connectivity index (χ0v) is 10.1. The molecule has 2 rings (SSSR count). The Morgan fingerprint density at radius 2 is 1.82 bits per heavy atom. The highest BCUT2D eigenvalue weighted by Gasteiger charge is 2.09. The van der Waals surface area contributed by atoms with Crippen LogP contribution in [0.15, 0.2) is 54.7 Å². The van der Waals surface area contributed by atoms with Gasteiger partial charge in [-0.3, -0.25) is 4.98 Å². The van der Waals surface area contributed by atoms with Crippen LogP contribution in [0.3, 0.4) is 0 Å². The average Bonchev–Trinajstić information content (AvgIpc) is 2.38. The Hall–Kier alpha value is -1.94. The number of hydrogen-bond donors (Lipinski definition) is 1. The Kier molecular flexibility index (Phi) is 3.67. The van der Waals surface area contributed by atoms with Crippen molar-refractivity contribution in [2.75, 3.05) is 4.90 Å². The van der Waals surface area contributed by atoms with E-state index in [2.05, 4.69) is 4.98 Å². The summed E-state index contributed by atoms with van der Waals surface area (Å²) in [7, 11) is 0. The quantitative estimate of drug-likeness (QED) is 0.840. The summed E-state index contributed by atoms with van der Waals surface area (Å²) in [6.07, 6.45) is 1.76. The highest BCUT2D eigenvalue weighted by Crippen LogP contribution is 2.15. The molecule has 0 aliphatic rings. The molecule has 3 nitrogen and oxygen atoms in total. The number of anilines is 1. The van der Waals surface area contributed by atoms with E-state index in [1.807, 2.05) is 53.4 Å². The zero-order valence-electron chi connectivity index (χ0n) is 9.28. The SMILES string of the molecule is NC(=S)N(Cc1ccccn1)c1ccccc1. The van der Waals surface area contributed by atoms with Gasteiger partial charge in [-0.05, 0) is 36.5 Å². The second-order valence-electron chi connectivity index (χ2n) is 3.58. The Bertz CT molecular complexity index is 485. The number of rotatable bonds is 3. The number of pyridine rings is 1. The molecule has 4 heteroatoms. The van der Waals surface area contributed by atoms with Gasteiger partial charge in [-0.25, -0.2) is 0 Å². The summed E-state index contributed by atoms with van der Waals surface area (Å²) in [6.45, 7) is 0.584. The van der Waals surface area contributed by atoms with Crippen LogP contribution in [0.25, 0.3) is 0 Å². The molecule has 1 aromatic heterocycles. The van der Waals surface area contributed by atoms with Crippen molar-refractivity contribution in [2.45, 2.75) is 6.54 Å². The summed E-state index contributed by atoms with van der Waals surface area (Å²) in [5.74, 6) is 0. The van der Waals surface area contributed by atoms with E-state index in [4.69, 9.17) is 18.0 Å². The standard InChI is InChI=1S/C13H13N3S/c14-13(17)16(12-7-2-1-3-8-12)10-11-6-4-5-9-15-11/h1-9H,10H2,(H2,14,17). The predicted molar refractivity (Wildman–Crippen MR) is 73.6 cm³/mol. The van der Waals surface area contributed by atoms with Crippen LogP contribution in [-0.4, -0.2) is 10.1 Å². The fourth-order valence-corrected chi connectivity index (χ4v) is 1.73. The fraction of sp³-hybridized carbons (Fsp3) is 0.0769. The van der Waals surface area contributed by atoms with Crippen LogP contribution in [0, 0.1) is 0 Å². The minimum absolute atomic E-state index is 0.349. The molecule has 1 aromatic carbocycles.